The first-order valence-electron chi connectivity index (χ1n) is 9.68. The minimum Gasteiger partial charge on any atom is -0.203 e. The molecule has 0 aliphatic rings. The lowest BCUT2D eigenvalue weighted by molar-refractivity contribution is 0.514. The minimum absolute atomic E-state index is 0.0192. The van der Waals surface area contributed by atoms with Crippen LogP contribution in [-0.4, -0.2) is 0 Å². The van der Waals surface area contributed by atoms with Crippen molar-refractivity contribution in [1.29, 1.82) is 0 Å². The molecule has 28 heavy (non-hydrogen) atoms. The van der Waals surface area contributed by atoms with Crippen molar-refractivity contribution in [3.05, 3.63) is 83.4 Å². The molecule has 0 aromatic heterocycles. The Morgan fingerprint density at radius 1 is 0.464 bits per heavy atom. The third-order valence-corrected chi connectivity index (χ3v) is 5.21. The molecule has 0 spiro atoms. The Labute approximate surface area is 167 Å². The summed E-state index contributed by atoms with van der Waals surface area (Å²) in [6.45, 7) is 12.8. The van der Waals surface area contributed by atoms with Gasteiger partial charge in [-0.25, -0.2) is 8.78 Å². The van der Waals surface area contributed by atoms with E-state index in [0.29, 0.717) is 11.1 Å². The van der Waals surface area contributed by atoms with Gasteiger partial charge < -0.3 is 0 Å². The highest BCUT2D eigenvalue weighted by molar-refractivity contribution is 5.72. The van der Waals surface area contributed by atoms with E-state index in [9.17, 15) is 8.78 Å². The van der Waals surface area contributed by atoms with E-state index in [1.54, 1.807) is 12.1 Å². The van der Waals surface area contributed by atoms with E-state index < -0.39 is 11.6 Å². The standard InChI is InChI=1S/C26H28F2/c1-25(2,3)19-11-7-17(8-12-19)21-15-16-22(24(28)23(21)27)18-9-13-20(14-10-18)26(4,5)6/h7-16H,1-6H3. The van der Waals surface area contributed by atoms with E-state index >= 15 is 0 Å². The highest BCUT2D eigenvalue weighted by atomic mass is 19.2. The summed E-state index contributed by atoms with van der Waals surface area (Å²) in [7, 11) is 0. The zero-order valence-corrected chi connectivity index (χ0v) is 17.5. The monoisotopic (exact) mass is 378 g/mol. The molecule has 146 valence electrons. The van der Waals surface area contributed by atoms with Gasteiger partial charge >= 0.3 is 0 Å². The first-order valence-corrected chi connectivity index (χ1v) is 9.68. The van der Waals surface area contributed by atoms with Crippen molar-refractivity contribution >= 4 is 0 Å². The molecule has 0 nitrogen and oxygen atoms in total. The van der Waals surface area contributed by atoms with E-state index in [4.69, 9.17) is 0 Å². The van der Waals surface area contributed by atoms with Gasteiger partial charge in [0.05, 0.1) is 0 Å². The molecule has 0 heterocycles. The normalized spacial score (nSPS) is 12.3. The summed E-state index contributed by atoms with van der Waals surface area (Å²) in [4.78, 5) is 0. The van der Waals surface area contributed by atoms with Gasteiger partial charge in [-0.2, -0.15) is 0 Å². The Morgan fingerprint density at radius 2 is 0.750 bits per heavy atom. The molecule has 0 N–H and O–H groups in total. The average molecular weight is 379 g/mol. The molecule has 0 aliphatic heterocycles. The second-order valence-corrected chi connectivity index (χ2v) is 9.44. The van der Waals surface area contributed by atoms with Crippen molar-refractivity contribution in [2.75, 3.05) is 0 Å². The van der Waals surface area contributed by atoms with Gasteiger partial charge in [-0.05, 0) is 33.1 Å². The van der Waals surface area contributed by atoms with E-state index in [0.717, 1.165) is 11.1 Å². The van der Waals surface area contributed by atoms with E-state index in [2.05, 4.69) is 41.5 Å². The van der Waals surface area contributed by atoms with Crippen LogP contribution in [0.4, 0.5) is 8.78 Å². The summed E-state index contributed by atoms with van der Waals surface area (Å²) in [6.07, 6.45) is 0. The molecule has 0 saturated heterocycles. The van der Waals surface area contributed by atoms with Crippen LogP contribution in [0.1, 0.15) is 52.7 Å². The van der Waals surface area contributed by atoms with Crippen LogP contribution in [0.3, 0.4) is 0 Å². The second-order valence-electron chi connectivity index (χ2n) is 9.44. The lowest BCUT2D eigenvalue weighted by atomic mass is 9.85. The summed E-state index contributed by atoms with van der Waals surface area (Å²) in [5.74, 6) is -1.61. The SMILES string of the molecule is CC(C)(C)c1ccc(-c2ccc(-c3ccc(C(C)(C)C)cc3)c(F)c2F)cc1. The van der Waals surface area contributed by atoms with Crippen molar-refractivity contribution in [1.82, 2.24) is 0 Å². The Hall–Kier alpha value is -2.48. The van der Waals surface area contributed by atoms with Crippen LogP contribution in [0.15, 0.2) is 60.7 Å². The summed E-state index contributed by atoms with van der Waals surface area (Å²) >= 11 is 0. The molecule has 3 aromatic rings. The van der Waals surface area contributed by atoms with Crippen LogP contribution in [-0.2, 0) is 10.8 Å². The lowest BCUT2D eigenvalue weighted by Gasteiger charge is -2.20. The van der Waals surface area contributed by atoms with Gasteiger partial charge in [0.15, 0.2) is 11.6 Å². The van der Waals surface area contributed by atoms with E-state index in [-0.39, 0.29) is 22.0 Å². The fraction of sp³-hybridized carbons (Fsp3) is 0.308. The zero-order chi connectivity index (χ0) is 20.7. The van der Waals surface area contributed by atoms with Gasteiger partial charge in [0.25, 0.3) is 0 Å². The summed E-state index contributed by atoms with van der Waals surface area (Å²) in [5.41, 5.74) is 4.29. The Bertz CT molecular complexity index is 885. The van der Waals surface area contributed by atoms with Crippen LogP contribution < -0.4 is 0 Å². The first kappa shape index (κ1) is 20.3. The van der Waals surface area contributed by atoms with Gasteiger partial charge in [-0.3, -0.25) is 0 Å². The van der Waals surface area contributed by atoms with Crippen molar-refractivity contribution in [2.24, 2.45) is 0 Å². The highest BCUT2D eigenvalue weighted by Crippen LogP contribution is 2.33. The van der Waals surface area contributed by atoms with Gasteiger partial charge in [-0.1, -0.05) is 102 Å². The van der Waals surface area contributed by atoms with Gasteiger partial charge in [0.1, 0.15) is 0 Å². The molecule has 0 bridgehead atoms. The second kappa shape index (κ2) is 7.16. The molecular weight excluding hydrogens is 350 g/mol. The van der Waals surface area contributed by atoms with Crippen LogP contribution in [0.2, 0.25) is 0 Å². The predicted octanol–water partition coefficient (Wildman–Crippen LogP) is 7.89. The molecule has 2 heteroatoms. The summed E-state index contributed by atoms with van der Waals surface area (Å²) < 4.78 is 29.7. The largest absolute Gasteiger partial charge is 0.203 e. The van der Waals surface area contributed by atoms with Crippen LogP contribution in [0, 0.1) is 11.6 Å². The molecule has 0 radical (unpaired) electrons. The number of hydrogen-bond donors (Lipinski definition) is 0. The Morgan fingerprint density at radius 3 is 1.00 bits per heavy atom. The topological polar surface area (TPSA) is 0 Å². The summed E-state index contributed by atoms with van der Waals surface area (Å²) in [5, 5.41) is 0. The number of hydrogen-bond acceptors (Lipinski definition) is 0. The van der Waals surface area contributed by atoms with Gasteiger partial charge in [-0.15, -0.1) is 0 Å². The molecule has 0 atom stereocenters. The molecule has 3 rings (SSSR count). The minimum atomic E-state index is -0.805. The van der Waals surface area contributed by atoms with Crippen LogP contribution >= 0.6 is 0 Å². The first-order chi connectivity index (χ1) is 13.0. The van der Waals surface area contributed by atoms with Gasteiger partial charge in [0, 0.05) is 11.1 Å². The number of benzene rings is 3. The van der Waals surface area contributed by atoms with Crippen LogP contribution in [0.25, 0.3) is 22.3 Å². The van der Waals surface area contributed by atoms with Gasteiger partial charge in [0.2, 0.25) is 0 Å². The molecule has 0 saturated carbocycles. The van der Waals surface area contributed by atoms with Crippen molar-refractivity contribution in [2.45, 2.75) is 52.4 Å². The molecule has 0 amide bonds. The van der Waals surface area contributed by atoms with E-state index in [1.807, 2.05) is 48.5 Å². The molecule has 3 aromatic carbocycles. The van der Waals surface area contributed by atoms with Crippen molar-refractivity contribution in [3.63, 3.8) is 0 Å². The lowest BCUT2D eigenvalue weighted by Crippen LogP contribution is -2.10. The molecule has 0 fully saturated rings. The molecule has 0 unspecified atom stereocenters. The third kappa shape index (κ3) is 4.01. The maximum atomic E-state index is 14.9. The smallest absolute Gasteiger partial charge is 0.167 e. The third-order valence-electron chi connectivity index (χ3n) is 5.21. The Kier molecular flexibility index (Phi) is 5.18. The van der Waals surface area contributed by atoms with Crippen molar-refractivity contribution in [3.8, 4) is 22.3 Å². The maximum Gasteiger partial charge on any atom is 0.167 e. The average Bonchev–Trinajstić information content (AvgIpc) is 2.63. The van der Waals surface area contributed by atoms with Crippen LogP contribution in [0.5, 0.6) is 0 Å². The zero-order valence-electron chi connectivity index (χ0n) is 17.5. The highest BCUT2D eigenvalue weighted by Gasteiger charge is 2.19. The Balaban J connectivity index is 1.97. The summed E-state index contributed by atoms with van der Waals surface area (Å²) in [6, 6.07) is 18.7. The quantitative estimate of drug-likeness (QED) is 0.425. The fourth-order valence-electron chi connectivity index (χ4n) is 3.29. The molecular formula is C26H28F2. The van der Waals surface area contributed by atoms with E-state index in [1.165, 1.54) is 0 Å². The number of rotatable bonds is 2. The maximum absolute atomic E-state index is 14.9. The molecule has 0 aliphatic carbocycles. The number of halogens is 2. The van der Waals surface area contributed by atoms with Crippen molar-refractivity contribution < 1.29 is 8.78 Å². The predicted molar refractivity (Wildman–Crippen MR) is 115 cm³/mol. The fourth-order valence-corrected chi connectivity index (χ4v) is 3.29.